The number of piperidine rings is 1. The van der Waals surface area contributed by atoms with E-state index in [0.29, 0.717) is 23.6 Å². The van der Waals surface area contributed by atoms with Crippen LogP contribution in [-0.4, -0.2) is 44.6 Å². The van der Waals surface area contributed by atoms with Crippen LogP contribution in [0.3, 0.4) is 0 Å². The smallest absolute Gasteiger partial charge is 0.347 e. The number of fused-ring (bicyclic) bond motifs is 1. The highest BCUT2D eigenvalue weighted by Crippen LogP contribution is 2.20. The number of anilines is 1. The molecule has 0 aromatic carbocycles. The molecule has 0 radical (unpaired) electrons. The molecule has 4 heterocycles. The first-order valence-corrected chi connectivity index (χ1v) is 7.72. The fourth-order valence-electron chi connectivity index (χ4n) is 3.00. The molecule has 1 saturated heterocycles. The summed E-state index contributed by atoms with van der Waals surface area (Å²) < 4.78 is 6.37. The highest BCUT2D eigenvalue weighted by Gasteiger charge is 2.25. The second-order valence-corrected chi connectivity index (χ2v) is 5.74. The van der Waals surface area contributed by atoms with Gasteiger partial charge in [-0.2, -0.15) is 0 Å². The summed E-state index contributed by atoms with van der Waals surface area (Å²) in [6.07, 6.45) is 7.85. The fourth-order valence-corrected chi connectivity index (χ4v) is 3.00. The predicted octanol–water partition coefficient (Wildman–Crippen LogP) is 0.409. The second-order valence-electron chi connectivity index (χ2n) is 5.74. The monoisotopic (exact) mass is 328 g/mol. The quantitative estimate of drug-likeness (QED) is 0.721. The summed E-state index contributed by atoms with van der Waals surface area (Å²) >= 11 is 0. The molecule has 0 bridgehead atoms. The molecule has 124 valence electrons. The van der Waals surface area contributed by atoms with Gasteiger partial charge in [0.05, 0.1) is 11.8 Å². The zero-order valence-corrected chi connectivity index (χ0v) is 12.8. The summed E-state index contributed by atoms with van der Waals surface area (Å²) in [7, 11) is 0. The highest BCUT2D eigenvalue weighted by atomic mass is 16.3. The van der Waals surface area contributed by atoms with Gasteiger partial charge in [-0.25, -0.2) is 19.3 Å². The van der Waals surface area contributed by atoms with Gasteiger partial charge in [0.15, 0.2) is 5.82 Å². The largest absolute Gasteiger partial charge is 0.472 e. The normalized spacial score (nSPS) is 18.0. The van der Waals surface area contributed by atoms with Crippen molar-refractivity contribution in [3.05, 3.63) is 47.0 Å². The lowest BCUT2D eigenvalue weighted by atomic mass is 10.1. The summed E-state index contributed by atoms with van der Waals surface area (Å²) in [6, 6.07) is 1.63. The Balaban J connectivity index is 1.54. The average molecular weight is 328 g/mol. The van der Waals surface area contributed by atoms with Gasteiger partial charge in [0.2, 0.25) is 5.65 Å². The Hall–Kier alpha value is -3.10. The highest BCUT2D eigenvalue weighted by molar-refractivity contribution is 5.94. The van der Waals surface area contributed by atoms with E-state index in [4.69, 9.17) is 4.42 Å². The molecule has 1 fully saturated rings. The molecular weight excluding hydrogens is 312 g/mol. The van der Waals surface area contributed by atoms with Crippen molar-refractivity contribution in [3.63, 3.8) is 0 Å². The molecule has 0 spiro atoms. The topological polar surface area (TPSA) is 109 Å². The SMILES string of the molecule is O=C(NC1CCCN(c2nccn3c(=O)[nH]nc23)C1)c1ccoc1. The molecule has 1 aliphatic rings. The molecule has 1 unspecified atom stereocenters. The number of H-pyrrole nitrogens is 1. The van der Waals surface area contributed by atoms with Gasteiger partial charge in [0, 0.05) is 31.5 Å². The number of carbonyl (C=O) groups is 1. The van der Waals surface area contributed by atoms with Crippen LogP contribution in [0.2, 0.25) is 0 Å². The molecule has 3 aromatic rings. The summed E-state index contributed by atoms with van der Waals surface area (Å²) in [4.78, 5) is 30.3. The molecule has 4 rings (SSSR count). The van der Waals surface area contributed by atoms with E-state index < -0.39 is 0 Å². The maximum atomic E-state index is 12.2. The van der Waals surface area contributed by atoms with Crippen molar-refractivity contribution in [1.82, 2.24) is 24.9 Å². The third kappa shape index (κ3) is 2.53. The van der Waals surface area contributed by atoms with Gasteiger partial charge in [-0.3, -0.25) is 4.79 Å². The second kappa shape index (κ2) is 5.84. The van der Waals surface area contributed by atoms with E-state index in [1.165, 1.54) is 16.9 Å². The van der Waals surface area contributed by atoms with Crippen molar-refractivity contribution in [2.45, 2.75) is 18.9 Å². The molecule has 24 heavy (non-hydrogen) atoms. The zero-order chi connectivity index (χ0) is 16.5. The van der Waals surface area contributed by atoms with Crippen LogP contribution >= 0.6 is 0 Å². The lowest BCUT2D eigenvalue weighted by Crippen LogP contribution is -2.48. The Morgan fingerprint density at radius 2 is 2.38 bits per heavy atom. The van der Waals surface area contributed by atoms with Crippen LogP contribution in [0.4, 0.5) is 5.82 Å². The van der Waals surface area contributed by atoms with Gasteiger partial charge in [-0.1, -0.05) is 0 Å². The van der Waals surface area contributed by atoms with Crippen LogP contribution < -0.4 is 15.9 Å². The number of hydrogen-bond donors (Lipinski definition) is 2. The van der Waals surface area contributed by atoms with E-state index in [9.17, 15) is 9.59 Å². The maximum Gasteiger partial charge on any atom is 0.347 e. The average Bonchev–Trinajstić information content (AvgIpc) is 3.25. The molecular formula is C15H16N6O3. The van der Waals surface area contributed by atoms with Crippen LogP contribution in [0.5, 0.6) is 0 Å². The molecule has 1 atom stereocenters. The Morgan fingerprint density at radius 1 is 1.46 bits per heavy atom. The van der Waals surface area contributed by atoms with Gasteiger partial charge in [0.25, 0.3) is 5.91 Å². The minimum Gasteiger partial charge on any atom is -0.472 e. The van der Waals surface area contributed by atoms with Crippen LogP contribution in [0.25, 0.3) is 5.65 Å². The van der Waals surface area contributed by atoms with Gasteiger partial charge in [0.1, 0.15) is 6.26 Å². The molecule has 2 N–H and O–H groups in total. The van der Waals surface area contributed by atoms with Crippen molar-refractivity contribution in [2.24, 2.45) is 0 Å². The number of carbonyl (C=O) groups excluding carboxylic acids is 1. The van der Waals surface area contributed by atoms with Gasteiger partial charge in [-0.15, -0.1) is 5.10 Å². The number of furan rings is 1. The van der Waals surface area contributed by atoms with Gasteiger partial charge in [-0.05, 0) is 18.9 Å². The number of hydrogen-bond acceptors (Lipinski definition) is 6. The Labute approximate surface area is 136 Å². The van der Waals surface area contributed by atoms with E-state index in [2.05, 4.69) is 20.5 Å². The van der Waals surface area contributed by atoms with Crippen molar-refractivity contribution >= 4 is 17.4 Å². The van der Waals surface area contributed by atoms with E-state index >= 15 is 0 Å². The minimum absolute atomic E-state index is 0.00568. The summed E-state index contributed by atoms with van der Waals surface area (Å²) in [6.45, 7) is 1.41. The summed E-state index contributed by atoms with van der Waals surface area (Å²) in [5, 5.41) is 9.48. The Bertz CT molecular complexity index is 913. The van der Waals surface area contributed by atoms with E-state index in [1.54, 1.807) is 18.5 Å². The molecule has 3 aromatic heterocycles. The van der Waals surface area contributed by atoms with Gasteiger partial charge < -0.3 is 14.6 Å². The van der Waals surface area contributed by atoms with Crippen molar-refractivity contribution in [3.8, 4) is 0 Å². The standard InChI is InChI=1S/C15H16N6O3/c22-14(10-3-7-24-9-10)17-11-2-1-5-20(8-11)12-13-18-19-15(23)21(13)6-4-16-12/h3-4,6-7,9,11H,1-2,5,8H2,(H,17,22)(H,19,23). The number of amides is 1. The van der Waals surface area contributed by atoms with Crippen LogP contribution in [0.15, 0.2) is 40.2 Å². The first kappa shape index (κ1) is 14.5. The van der Waals surface area contributed by atoms with E-state index in [1.807, 2.05) is 4.90 Å². The lowest BCUT2D eigenvalue weighted by Gasteiger charge is -2.33. The number of nitrogens with zero attached hydrogens (tertiary/aromatic N) is 4. The molecule has 9 heteroatoms. The Morgan fingerprint density at radius 3 is 3.21 bits per heavy atom. The lowest BCUT2D eigenvalue weighted by molar-refractivity contribution is 0.0932. The summed E-state index contributed by atoms with van der Waals surface area (Å²) in [5.41, 5.74) is 0.700. The number of aromatic nitrogens is 4. The van der Waals surface area contributed by atoms with Crippen molar-refractivity contribution in [2.75, 3.05) is 18.0 Å². The van der Waals surface area contributed by atoms with Gasteiger partial charge >= 0.3 is 5.69 Å². The predicted molar refractivity (Wildman–Crippen MR) is 85.0 cm³/mol. The Kier molecular flexibility index (Phi) is 3.52. The number of aromatic amines is 1. The van der Waals surface area contributed by atoms with Crippen LogP contribution in [0, 0.1) is 0 Å². The molecule has 0 aliphatic carbocycles. The van der Waals surface area contributed by atoms with E-state index in [0.717, 1.165) is 19.4 Å². The third-order valence-corrected chi connectivity index (χ3v) is 4.16. The first-order chi connectivity index (χ1) is 11.7. The van der Waals surface area contributed by atoms with Crippen molar-refractivity contribution < 1.29 is 9.21 Å². The van der Waals surface area contributed by atoms with Crippen LogP contribution in [0.1, 0.15) is 23.2 Å². The molecule has 1 amide bonds. The molecule has 1 aliphatic heterocycles. The molecule has 0 saturated carbocycles. The van der Waals surface area contributed by atoms with Crippen molar-refractivity contribution in [1.29, 1.82) is 0 Å². The zero-order valence-electron chi connectivity index (χ0n) is 12.8. The van der Waals surface area contributed by atoms with Crippen LogP contribution in [-0.2, 0) is 0 Å². The minimum atomic E-state index is -0.296. The number of nitrogens with one attached hydrogen (secondary N) is 2. The first-order valence-electron chi connectivity index (χ1n) is 7.72. The van der Waals surface area contributed by atoms with E-state index in [-0.39, 0.29) is 17.6 Å². The third-order valence-electron chi connectivity index (χ3n) is 4.16. The maximum absolute atomic E-state index is 12.2. The summed E-state index contributed by atoms with van der Waals surface area (Å²) in [5.74, 6) is 0.482. The fraction of sp³-hybridized carbons (Fsp3) is 0.333. The molecule has 9 nitrogen and oxygen atoms in total. The number of rotatable bonds is 3.